The van der Waals surface area contributed by atoms with Crippen LogP contribution in [0.3, 0.4) is 0 Å². The number of amides is 3. The smallest absolute Gasteiger partial charge is 0.315 e. The second-order valence-corrected chi connectivity index (χ2v) is 7.01. The van der Waals surface area contributed by atoms with Gasteiger partial charge in [0.15, 0.2) is 0 Å². The molecule has 3 amide bonds. The molecule has 0 unspecified atom stereocenters. The van der Waals surface area contributed by atoms with Crippen LogP contribution in [0, 0.1) is 5.92 Å². The Morgan fingerprint density at radius 3 is 2.78 bits per heavy atom. The van der Waals surface area contributed by atoms with Crippen molar-refractivity contribution >= 4 is 11.9 Å². The van der Waals surface area contributed by atoms with E-state index in [9.17, 15) is 9.59 Å². The molecular formula is C20H32N4O3. The SMILES string of the molecule is CCCNC(=O)N[C@H]1CC[C@H](C(=O)NCCCc2ccccn2)C[C@@H]1OC. The molecule has 150 valence electrons. The summed E-state index contributed by atoms with van der Waals surface area (Å²) in [5.41, 5.74) is 1.04. The van der Waals surface area contributed by atoms with Gasteiger partial charge in [-0.3, -0.25) is 9.78 Å². The molecule has 0 bridgehead atoms. The Morgan fingerprint density at radius 2 is 2.07 bits per heavy atom. The molecule has 0 aromatic carbocycles. The van der Waals surface area contributed by atoms with Gasteiger partial charge >= 0.3 is 6.03 Å². The Labute approximate surface area is 161 Å². The highest BCUT2D eigenvalue weighted by Crippen LogP contribution is 2.26. The summed E-state index contributed by atoms with van der Waals surface area (Å²) in [4.78, 5) is 28.6. The van der Waals surface area contributed by atoms with Gasteiger partial charge in [0.2, 0.25) is 5.91 Å². The van der Waals surface area contributed by atoms with Gasteiger partial charge in [0, 0.05) is 38.0 Å². The van der Waals surface area contributed by atoms with Gasteiger partial charge in [-0.1, -0.05) is 13.0 Å². The van der Waals surface area contributed by atoms with Crippen LogP contribution in [0.5, 0.6) is 0 Å². The van der Waals surface area contributed by atoms with E-state index < -0.39 is 0 Å². The topological polar surface area (TPSA) is 92.4 Å². The van der Waals surface area contributed by atoms with Gasteiger partial charge in [-0.25, -0.2) is 4.79 Å². The van der Waals surface area contributed by atoms with E-state index in [-0.39, 0.29) is 30.0 Å². The maximum atomic E-state index is 12.5. The maximum absolute atomic E-state index is 12.5. The summed E-state index contributed by atoms with van der Waals surface area (Å²) in [6.45, 7) is 3.31. The molecule has 0 aliphatic heterocycles. The Hall–Kier alpha value is -2.15. The number of hydrogen-bond acceptors (Lipinski definition) is 4. The molecule has 1 aliphatic carbocycles. The lowest BCUT2D eigenvalue weighted by molar-refractivity contribution is -0.127. The Balaban J connectivity index is 1.71. The van der Waals surface area contributed by atoms with E-state index in [1.807, 2.05) is 25.1 Å². The molecule has 0 spiro atoms. The van der Waals surface area contributed by atoms with Crippen LogP contribution < -0.4 is 16.0 Å². The van der Waals surface area contributed by atoms with Crippen molar-refractivity contribution in [1.82, 2.24) is 20.9 Å². The Morgan fingerprint density at radius 1 is 1.22 bits per heavy atom. The number of nitrogens with zero attached hydrogens (tertiary/aromatic N) is 1. The molecule has 1 saturated carbocycles. The zero-order valence-corrected chi connectivity index (χ0v) is 16.4. The van der Waals surface area contributed by atoms with Gasteiger partial charge in [-0.15, -0.1) is 0 Å². The standard InChI is InChI=1S/C20H32N4O3/c1-3-11-23-20(26)24-17-10-9-15(14-18(17)27-2)19(25)22-13-6-8-16-7-4-5-12-21-16/h4-5,7,12,15,17-18H,3,6,8-11,13-14H2,1-2H3,(H,22,25)(H2,23,24,26)/t15-,17-,18-/m0/s1. The lowest BCUT2D eigenvalue weighted by Gasteiger charge is -2.35. The van der Waals surface area contributed by atoms with Crippen LogP contribution in [-0.4, -0.2) is 49.3 Å². The molecule has 1 heterocycles. The number of aryl methyl sites for hydroxylation is 1. The summed E-state index contributed by atoms with van der Waals surface area (Å²) in [5, 5.41) is 8.82. The summed E-state index contributed by atoms with van der Waals surface area (Å²) in [6, 6.07) is 5.65. The van der Waals surface area contributed by atoms with E-state index in [0.29, 0.717) is 19.5 Å². The average molecular weight is 377 g/mol. The van der Waals surface area contributed by atoms with E-state index in [1.54, 1.807) is 13.3 Å². The van der Waals surface area contributed by atoms with E-state index in [2.05, 4.69) is 20.9 Å². The summed E-state index contributed by atoms with van der Waals surface area (Å²) in [5.74, 6) is 0.00788. The number of carbonyl (C=O) groups is 2. The van der Waals surface area contributed by atoms with Crippen LogP contribution in [0.15, 0.2) is 24.4 Å². The van der Waals surface area contributed by atoms with E-state index in [4.69, 9.17) is 4.74 Å². The number of nitrogens with one attached hydrogen (secondary N) is 3. The van der Waals surface area contributed by atoms with Gasteiger partial charge < -0.3 is 20.7 Å². The number of rotatable bonds is 9. The summed E-state index contributed by atoms with van der Waals surface area (Å²) in [6.07, 6.45) is 6.38. The molecule has 1 aromatic heterocycles. The molecule has 7 heteroatoms. The number of hydrogen-bond donors (Lipinski definition) is 3. The lowest BCUT2D eigenvalue weighted by Crippen LogP contribution is -2.52. The van der Waals surface area contributed by atoms with Crippen molar-refractivity contribution in [1.29, 1.82) is 0 Å². The molecule has 0 saturated heterocycles. The van der Waals surface area contributed by atoms with Crippen molar-refractivity contribution in [2.24, 2.45) is 5.92 Å². The number of pyridine rings is 1. The number of aromatic nitrogens is 1. The first-order chi connectivity index (χ1) is 13.1. The minimum absolute atomic E-state index is 0.0555. The molecule has 1 aliphatic rings. The lowest BCUT2D eigenvalue weighted by atomic mass is 9.83. The second-order valence-electron chi connectivity index (χ2n) is 7.01. The fraction of sp³-hybridized carbons (Fsp3) is 0.650. The predicted molar refractivity (Wildman–Crippen MR) is 104 cm³/mol. The minimum atomic E-state index is -0.165. The number of carbonyl (C=O) groups excluding carboxylic acids is 2. The monoisotopic (exact) mass is 376 g/mol. The minimum Gasteiger partial charge on any atom is -0.379 e. The van der Waals surface area contributed by atoms with Gasteiger partial charge in [-0.05, 0) is 50.7 Å². The van der Waals surface area contributed by atoms with E-state index in [1.165, 1.54) is 0 Å². The van der Waals surface area contributed by atoms with Crippen LogP contribution in [0.1, 0.15) is 44.7 Å². The first-order valence-electron chi connectivity index (χ1n) is 9.88. The third-order valence-corrected chi connectivity index (χ3v) is 4.95. The first-order valence-corrected chi connectivity index (χ1v) is 9.88. The van der Waals surface area contributed by atoms with Gasteiger partial charge in [0.05, 0.1) is 12.1 Å². The molecule has 27 heavy (non-hydrogen) atoms. The Bertz CT molecular complexity index is 582. The van der Waals surface area contributed by atoms with Crippen LogP contribution in [0.2, 0.25) is 0 Å². The fourth-order valence-electron chi connectivity index (χ4n) is 3.42. The normalized spacial score (nSPS) is 22.1. The highest BCUT2D eigenvalue weighted by Gasteiger charge is 2.34. The summed E-state index contributed by atoms with van der Waals surface area (Å²) in [7, 11) is 1.64. The van der Waals surface area contributed by atoms with Crippen LogP contribution in [0.4, 0.5) is 4.79 Å². The number of urea groups is 1. The highest BCUT2D eigenvalue weighted by atomic mass is 16.5. The number of ether oxygens (including phenoxy) is 1. The fourth-order valence-corrected chi connectivity index (χ4v) is 3.42. The molecule has 3 atom stereocenters. The highest BCUT2D eigenvalue weighted by molar-refractivity contribution is 5.79. The average Bonchev–Trinajstić information content (AvgIpc) is 2.70. The quantitative estimate of drug-likeness (QED) is 0.575. The molecule has 1 aromatic rings. The van der Waals surface area contributed by atoms with Crippen molar-refractivity contribution < 1.29 is 14.3 Å². The zero-order valence-electron chi connectivity index (χ0n) is 16.4. The molecule has 0 radical (unpaired) electrons. The van der Waals surface area contributed by atoms with Crippen molar-refractivity contribution in [3.05, 3.63) is 30.1 Å². The second kappa shape index (κ2) is 11.5. The van der Waals surface area contributed by atoms with Crippen LogP contribution in [0.25, 0.3) is 0 Å². The molecule has 1 fully saturated rings. The van der Waals surface area contributed by atoms with Crippen LogP contribution >= 0.6 is 0 Å². The van der Waals surface area contributed by atoms with Crippen molar-refractivity contribution in [2.75, 3.05) is 20.2 Å². The third kappa shape index (κ3) is 7.17. The van der Waals surface area contributed by atoms with Crippen molar-refractivity contribution in [3.8, 4) is 0 Å². The third-order valence-electron chi connectivity index (χ3n) is 4.95. The van der Waals surface area contributed by atoms with E-state index in [0.717, 1.165) is 37.8 Å². The summed E-state index contributed by atoms with van der Waals surface area (Å²) < 4.78 is 5.54. The molecule has 2 rings (SSSR count). The summed E-state index contributed by atoms with van der Waals surface area (Å²) >= 11 is 0. The molecular weight excluding hydrogens is 344 g/mol. The van der Waals surface area contributed by atoms with Gasteiger partial charge in [0.1, 0.15) is 0 Å². The molecule has 3 N–H and O–H groups in total. The van der Waals surface area contributed by atoms with Crippen molar-refractivity contribution in [2.45, 2.75) is 57.6 Å². The van der Waals surface area contributed by atoms with Gasteiger partial charge in [0.25, 0.3) is 0 Å². The van der Waals surface area contributed by atoms with Gasteiger partial charge in [-0.2, -0.15) is 0 Å². The first kappa shape index (κ1) is 21.2. The maximum Gasteiger partial charge on any atom is 0.315 e. The predicted octanol–water partition coefficient (Wildman–Crippen LogP) is 2.02. The number of methoxy groups -OCH3 is 1. The van der Waals surface area contributed by atoms with Crippen molar-refractivity contribution in [3.63, 3.8) is 0 Å². The van der Waals surface area contributed by atoms with E-state index >= 15 is 0 Å². The largest absolute Gasteiger partial charge is 0.379 e. The zero-order chi connectivity index (χ0) is 19.5. The Kier molecular flexibility index (Phi) is 9.04. The van der Waals surface area contributed by atoms with Crippen LogP contribution in [-0.2, 0) is 16.0 Å². The molecule has 7 nitrogen and oxygen atoms in total.